The Labute approximate surface area is 177 Å². The van der Waals surface area contributed by atoms with Crippen LogP contribution in [0.5, 0.6) is 5.75 Å². The van der Waals surface area contributed by atoms with Crippen LogP contribution in [0.25, 0.3) is 16.8 Å². The number of halogens is 1. The Bertz CT molecular complexity index is 1110. The molecule has 10 heteroatoms. The fourth-order valence-electron chi connectivity index (χ4n) is 3.03. The van der Waals surface area contributed by atoms with Gasteiger partial charge in [-0.25, -0.2) is 19.3 Å². The highest BCUT2D eigenvalue weighted by Crippen LogP contribution is 2.33. The van der Waals surface area contributed by atoms with Crippen LogP contribution in [-0.4, -0.2) is 45.0 Å². The molecule has 0 aliphatic heterocycles. The molecule has 3 aromatic rings. The zero-order valence-corrected chi connectivity index (χ0v) is 17.2. The van der Waals surface area contributed by atoms with E-state index in [1.54, 1.807) is 43.8 Å². The fraction of sp³-hybridized carbons (Fsp3) is 0.238. The second-order valence-electron chi connectivity index (χ2n) is 6.60. The summed E-state index contributed by atoms with van der Waals surface area (Å²) in [5.74, 6) is -1.80. The first-order valence-electron chi connectivity index (χ1n) is 9.43. The molecule has 1 amide bonds. The van der Waals surface area contributed by atoms with Gasteiger partial charge in [-0.2, -0.15) is 5.10 Å². The number of nitrogens with one attached hydrogen (secondary N) is 1. The number of hydrogen-bond acceptors (Lipinski definition) is 7. The first-order valence-corrected chi connectivity index (χ1v) is 9.43. The summed E-state index contributed by atoms with van der Waals surface area (Å²) in [7, 11) is 0. The highest BCUT2D eigenvalue weighted by Gasteiger charge is 2.22. The lowest BCUT2D eigenvalue weighted by Gasteiger charge is -2.12. The molecule has 162 valence electrons. The van der Waals surface area contributed by atoms with Crippen LogP contribution in [0.3, 0.4) is 0 Å². The third-order valence-electron chi connectivity index (χ3n) is 4.57. The van der Waals surface area contributed by atoms with Crippen molar-refractivity contribution in [2.45, 2.75) is 20.8 Å². The van der Waals surface area contributed by atoms with E-state index in [-0.39, 0.29) is 30.4 Å². The Balaban J connectivity index is 1.92. The SMILES string of the molecule is CCOC(=O)CNC(=O)c1ncc(-c2cn(-c3ccc(F)cc3)nc2C)c(C)c1OO. The van der Waals surface area contributed by atoms with Gasteiger partial charge < -0.3 is 14.9 Å². The number of carbonyl (C=O) groups excluding carboxylic acids is 2. The lowest BCUT2D eigenvalue weighted by Crippen LogP contribution is -2.31. The molecule has 0 fully saturated rings. The van der Waals surface area contributed by atoms with E-state index in [0.717, 1.165) is 0 Å². The number of aromatic nitrogens is 3. The van der Waals surface area contributed by atoms with Crippen molar-refractivity contribution >= 4 is 11.9 Å². The number of amides is 1. The summed E-state index contributed by atoms with van der Waals surface area (Å²) < 4.78 is 19.5. The minimum atomic E-state index is -0.703. The summed E-state index contributed by atoms with van der Waals surface area (Å²) in [6.45, 7) is 4.94. The van der Waals surface area contributed by atoms with E-state index in [1.165, 1.54) is 18.3 Å². The number of benzene rings is 1. The smallest absolute Gasteiger partial charge is 0.325 e. The number of carbonyl (C=O) groups is 2. The maximum Gasteiger partial charge on any atom is 0.325 e. The molecule has 31 heavy (non-hydrogen) atoms. The molecule has 3 rings (SSSR count). The molecule has 2 aromatic heterocycles. The van der Waals surface area contributed by atoms with Gasteiger partial charge in [0.2, 0.25) is 0 Å². The first kappa shape index (κ1) is 21.9. The van der Waals surface area contributed by atoms with E-state index in [2.05, 4.69) is 20.3 Å². The van der Waals surface area contributed by atoms with Crippen LogP contribution in [0.1, 0.15) is 28.7 Å². The van der Waals surface area contributed by atoms with Crippen molar-refractivity contribution in [3.8, 4) is 22.6 Å². The molecule has 9 nitrogen and oxygen atoms in total. The van der Waals surface area contributed by atoms with Crippen LogP contribution < -0.4 is 10.2 Å². The van der Waals surface area contributed by atoms with Gasteiger partial charge in [-0.1, -0.05) is 0 Å². The predicted molar refractivity (Wildman–Crippen MR) is 108 cm³/mol. The third-order valence-corrected chi connectivity index (χ3v) is 4.57. The van der Waals surface area contributed by atoms with Gasteiger partial charge in [0.05, 0.1) is 18.0 Å². The quantitative estimate of drug-likeness (QED) is 0.338. The van der Waals surface area contributed by atoms with E-state index < -0.39 is 11.9 Å². The lowest BCUT2D eigenvalue weighted by atomic mass is 10.0. The number of esters is 1. The summed E-state index contributed by atoms with van der Waals surface area (Å²) in [6.07, 6.45) is 3.18. The van der Waals surface area contributed by atoms with Crippen molar-refractivity contribution in [2.24, 2.45) is 0 Å². The largest absolute Gasteiger partial charge is 0.465 e. The monoisotopic (exact) mass is 428 g/mol. The molecule has 0 bridgehead atoms. The molecule has 0 saturated carbocycles. The molecule has 0 unspecified atom stereocenters. The standard InChI is InChI=1S/C21H21FN4O5/c1-4-30-18(27)10-24-21(28)19-20(31-29)12(2)16(9-23-19)17-11-26(25-13(17)3)15-7-5-14(22)6-8-15/h5-9,11,29H,4,10H2,1-3H3,(H,24,28). The average molecular weight is 428 g/mol. The fourth-order valence-corrected chi connectivity index (χ4v) is 3.03. The Kier molecular flexibility index (Phi) is 6.61. The van der Waals surface area contributed by atoms with Crippen LogP contribution in [0.15, 0.2) is 36.7 Å². The van der Waals surface area contributed by atoms with E-state index in [0.29, 0.717) is 28.1 Å². The maximum atomic E-state index is 13.2. The third kappa shape index (κ3) is 4.69. The van der Waals surface area contributed by atoms with E-state index in [9.17, 15) is 19.2 Å². The van der Waals surface area contributed by atoms with Crippen LogP contribution in [0.4, 0.5) is 4.39 Å². The summed E-state index contributed by atoms with van der Waals surface area (Å²) in [5, 5.41) is 16.2. The van der Waals surface area contributed by atoms with Crippen molar-refractivity contribution in [2.75, 3.05) is 13.2 Å². The van der Waals surface area contributed by atoms with Gasteiger partial charge >= 0.3 is 5.97 Å². The van der Waals surface area contributed by atoms with Gasteiger partial charge in [-0.15, -0.1) is 0 Å². The molecular formula is C21H21FN4O5. The molecule has 0 saturated heterocycles. The molecular weight excluding hydrogens is 407 g/mol. The minimum absolute atomic E-state index is 0.146. The lowest BCUT2D eigenvalue weighted by molar-refractivity contribution is -0.141. The Morgan fingerprint density at radius 1 is 1.19 bits per heavy atom. The number of aryl methyl sites for hydroxylation is 1. The number of rotatable bonds is 7. The zero-order chi connectivity index (χ0) is 22.5. The van der Waals surface area contributed by atoms with E-state index in [4.69, 9.17) is 4.74 Å². The minimum Gasteiger partial charge on any atom is -0.465 e. The number of hydrogen-bond donors (Lipinski definition) is 2. The van der Waals surface area contributed by atoms with Gasteiger partial charge in [0.15, 0.2) is 11.4 Å². The number of ether oxygens (including phenoxy) is 1. The van der Waals surface area contributed by atoms with Crippen molar-refractivity contribution in [3.05, 3.63) is 59.4 Å². The molecule has 2 heterocycles. The average Bonchev–Trinajstić information content (AvgIpc) is 3.13. The molecule has 0 aliphatic carbocycles. The van der Waals surface area contributed by atoms with Gasteiger partial charge in [0.1, 0.15) is 12.4 Å². The van der Waals surface area contributed by atoms with Crippen molar-refractivity contribution in [1.29, 1.82) is 0 Å². The molecule has 0 aliphatic rings. The summed E-state index contributed by atoms with van der Waals surface area (Å²) >= 11 is 0. The Hall–Kier alpha value is -3.79. The predicted octanol–water partition coefficient (Wildman–Crippen LogP) is 2.83. The van der Waals surface area contributed by atoms with Crippen molar-refractivity contribution in [3.63, 3.8) is 0 Å². The van der Waals surface area contributed by atoms with E-state index >= 15 is 0 Å². The van der Waals surface area contributed by atoms with Gasteiger partial charge in [0.25, 0.3) is 5.91 Å². The van der Waals surface area contributed by atoms with Crippen LogP contribution in [0.2, 0.25) is 0 Å². The summed E-state index contributed by atoms with van der Waals surface area (Å²) in [6, 6.07) is 5.85. The van der Waals surface area contributed by atoms with Crippen molar-refractivity contribution in [1.82, 2.24) is 20.1 Å². The Morgan fingerprint density at radius 3 is 2.55 bits per heavy atom. The number of nitrogens with zero attached hydrogens (tertiary/aromatic N) is 3. The summed E-state index contributed by atoms with van der Waals surface area (Å²) in [4.78, 5) is 32.4. The zero-order valence-electron chi connectivity index (χ0n) is 17.2. The second-order valence-corrected chi connectivity index (χ2v) is 6.60. The van der Waals surface area contributed by atoms with Gasteiger partial charge in [-0.3, -0.25) is 9.59 Å². The van der Waals surface area contributed by atoms with Crippen LogP contribution >= 0.6 is 0 Å². The Morgan fingerprint density at radius 2 is 1.90 bits per heavy atom. The van der Waals surface area contributed by atoms with E-state index in [1.807, 2.05) is 0 Å². The maximum absolute atomic E-state index is 13.2. The summed E-state index contributed by atoms with van der Waals surface area (Å²) in [5.41, 5.74) is 2.84. The molecule has 0 radical (unpaired) electrons. The molecule has 0 atom stereocenters. The highest BCUT2D eigenvalue weighted by molar-refractivity contribution is 5.97. The topological polar surface area (TPSA) is 116 Å². The van der Waals surface area contributed by atoms with Crippen LogP contribution in [-0.2, 0) is 9.53 Å². The van der Waals surface area contributed by atoms with Gasteiger partial charge in [-0.05, 0) is 45.0 Å². The second kappa shape index (κ2) is 9.35. The normalized spacial score (nSPS) is 10.6. The molecule has 1 aromatic carbocycles. The molecule has 0 spiro atoms. The van der Waals surface area contributed by atoms with Crippen molar-refractivity contribution < 1.29 is 28.9 Å². The first-order chi connectivity index (χ1) is 14.8. The van der Waals surface area contributed by atoms with Gasteiger partial charge in [0, 0.05) is 29.1 Å². The highest BCUT2D eigenvalue weighted by atomic mass is 19.1. The van der Waals surface area contributed by atoms with Crippen LogP contribution in [0, 0.1) is 19.7 Å². The number of pyridine rings is 1. The molecule has 2 N–H and O–H groups in total.